The Labute approximate surface area is 173 Å². The second-order valence-corrected chi connectivity index (χ2v) is 8.27. The average Bonchev–Trinajstić information content (AvgIpc) is 3.50. The molecule has 0 unspecified atom stereocenters. The molecule has 2 fully saturated rings. The van der Waals surface area contributed by atoms with Crippen molar-refractivity contribution in [1.29, 1.82) is 0 Å². The van der Waals surface area contributed by atoms with Gasteiger partial charge in [0.15, 0.2) is 0 Å². The summed E-state index contributed by atoms with van der Waals surface area (Å²) in [4.78, 5) is 22.9. The van der Waals surface area contributed by atoms with E-state index < -0.39 is 6.36 Å². The molecule has 30 heavy (non-hydrogen) atoms. The highest BCUT2D eigenvalue weighted by atomic mass is 19.4. The van der Waals surface area contributed by atoms with Crippen molar-refractivity contribution in [3.05, 3.63) is 53.1 Å². The number of hydrogen-bond donors (Lipinski definition) is 0. The molecule has 2 heterocycles. The van der Waals surface area contributed by atoms with Crippen LogP contribution in [0.1, 0.15) is 66.3 Å². The van der Waals surface area contributed by atoms with Crippen molar-refractivity contribution in [3.8, 4) is 5.75 Å². The molecule has 1 aliphatic heterocycles. The average molecular weight is 419 g/mol. The topological polar surface area (TPSA) is 55.3 Å². The predicted octanol–water partition coefficient (Wildman–Crippen LogP) is 4.66. The van der Waals surface area contributed by atoms with Gasteiger partial charge < -0.3 is 9.64 Å². The molecule has 2 aromatic rings. The number of halogens is 3. The monoisotopic (exact) mass is 419 g/mol. The lowest BCUT2D eigenvalue weighted by Crippen LogP contribution is -2.55. The lowest BCUT2D eigenvalue weighted by atomic mass is 9.95. The Morgan fingerprint density at radius 2 is 1.77 bits per heavy atom. The number of ether oxygens (including phenoxy) is 1. The highest BCUT2D eigenvalue weighted by molar-refractivity contribution is 5.94. The number of amides is 1. The summed E-state index contributed by atoms with van der Waals surface area (Å²) >= 11 is 0. The zero-order valence-corrected chi connectivity index (χ0v) is 16.9. The number of hydrogen-bond acceptors (Lipinski definition) is 4. The van der Waals surface area contributed by atoms with Crippen molar-refractivity contribution in [2.24, 2.45) is 0 Å². The molecule has 1 aromatic carbocycles. The first-order valence-electron chi connectivity index (χ1n) is 10.2. The molecule has 0 bridgehead atoms. The van der Waals surface area contributed by atoms with Crippen molar-refractivity contribution >= 4 is 5.91 Å². The lowest BCUT2D eigenvalue weighted by molar-refractivity contribution is -0.274. The number of carbonyl (C=O) groups excluding carboxylic acids is 1. The number of aromatic nitrogens is 2. The van der Waals surface area contributed by atoms with E-state index in [1.54, 1.807) is 0 Å². The van der Waals surface area contributed by atoms with E-state index in [0.29, 0.717) is 30.1 Å². The second kappa shape index (κ2) is 7.89. The zero-order chi connectivity index (χ0) is 21.5. The van der Waals surface area contributed by atoms with Crippen molar-refractivity contribution in [3.63, 3.8) is 0 Å². The van der Waals surface area contributed by atoms with Crippen molar-refractivity contribution in [1.82, 2.24) is 14.9 Å². The third-order valence-electron chi connectivity index (χ3n) is 5.73. The van der Waals surface area contributed by atoms with Crippen molar-refractivity contribution in [2.45, 2.75) is 70.3 Å². The molecule has 2 atom stereocenters. The highest BCUT2D eigenvalue weighted by Gasteiger charge is 2.36. The predicted molar refractivity (Wildman–Crippen MR) is 104 cm³/mol. The Bertz CT molecular complexity index is 918. The maximum Gasteiger partial charge on any atom is 0.573 e. The molecule has 1 saturated carbocycles. The number of aryl methyl sites for hydroxylation is 2. The van der Waals surface area contributed by atoms with Crippen LogP contribution < -0.4 is 4.74 Å². The summed E-state index contributed by atoms with van der Waals surface area (Å²) in [6.07, 6.45) is 2.26. The summed E-state index contributed by atoms with van der Waals surface area (Å²) in [6.45, 7) is 4.03. The lowest BCUT2D eigenvalue weighted by Gasteiger charge is -2.45. The third-order valence-corrected chi connectivity index (χ3v) is 5.73. The fourth-order valence-electron chi connectivity index (χ4n) is 4.09. The molecular weight excluding hydrogens is 395 g/mol. The Kier molecular flexibility index (Phi) is 5.42. The maximum absolute atomic E-state index is 12.6. The van der Waals surface area contributed by atoms with Crippen molar-refractivity contribution < 1.29 is 22.7 Å². The normalized spacial score (nSPS) is 21.3. The first-order valence-corrected chi connectivity index (χ1v) is 10.2. The van der Waals surface area contributed by atoms with Crippen LogP contribution in [-0.2, 0) is 12.8 Å². The molecule has 1 amide bonds. The minimum Gasteiger partial charge on any atom is -0.406 e. The van der Waals surface area contributed by atoms with Gasteiger partial charge in [0.2, 0.25) is 0 Å². The fourth-order valence-corrected chi connectivity index (χ4v) is 4.09. The quantitative estimate of drug-likeness (QED) is 0.683. The molecule has 0 radical (unpaired) electrons. The molecule has 160 valence electrons. The van der Waals surface area contributed by atoms with Gasteiger partial charge in [-0.1, -0.05) is 6.07 Å². The van der Waals surface area contributed by atoms with Crippen LogP contribution in [0.3, 0.4) is 0 Å². The maximum atomic E-state index is 12.6. The number of likely N-dealkylation sites (tertiary alicyclic amines) is 1. The number of nitrogens with zero attached hydrogens (tertiary/aromatic N) is 3. The van der Waals surface area contributed by atoms with Crippen LogP contribution >= 0.6 is 0 Å². The number of alkyl halides is 3. The van der Waals surface area contributed by atoms with Gasteiger partial charge in [-0.05, 0) is 68.7 Å². The highest BCUT2D eigenvalue weighted by Crippen LogP contribution is 2.42. The molecular formula is C22H24F3N3O2. The van der Waals surface area contributed by atoms with Gasteiger partial charge in [-0.25, -0.2) is 9.97 Å². The van der Waals surface area contributed by atoms with E-state index in [1.807, 2.05) is 24.8 Å². The van der Waals surface area contributed by atoms with Crippen LogP contribution in [-0.4, -0.2) is 39.2 Å². The SMILES string of the molecule is C[C@H]1C[C@H](C)N1C(=O)c1cnc(CCc2cc(OC(F)(F)F)cc(C3CC3)c2)nc1. The van der Waals surface area contributed by atoms with E-state index in [2.05, 4.69) is 14.7 Å². The van der Waals surface area contributed by atoms with E-state index in [9.17, 15) is 18.0 Å². The Hall–Kier alpha value is -2.64. The smallest absolute Gasteiger partial charge is 0.406 e. The molecule has 4 rings (SSSR count). The van der Waals surface area contributed by atoms with Crippen LogP contribution in [0.4, 0.5) is 13.2 Å². The Morgan fingerprint density at radius 3 is 2.33 bits per heavy atom. The van der Waals surface area contributed by atoms with Crippen molar-refractivity contribution in [2.75, 3.05) is 0 Å². The van der Waals surface area contributed by atoms with E-state index >= 15 is 0 Å². The van der Waals surface area contributed by atoms with Crippen LogP contribution in [0.2, 0.25) is 0 Å². The fraction of sp³-hybridized carbons (Fsp3) is 0.500. The number of carbonyl (C=O) groups is 1. The van der Waals surface area contributed by atoms with Gasteiger partial charge in [0.1, 0.15) is 11.6 Å². The summed E-state index contributed by atoms with van der Waals surface area (Å²) in [5, 5.41) is 0. The molecule has 2 aliphatic rings. The Morgan fingerprint density at radius 1 is 1.10 bits per heavy atom. The number of benzene rings is 1. The Balaban J connectivity index is 1.42. The van der Waals surface area contributed by atoms with E-state index in [4.69, 9.17) is 0 Å². The number of rotatable bonds is 6. The van der Waals surface area contributed by atoms with Gasteiger partial charge in [-0.2, -0.15) is 0 Å². The first-order chi connectivity index (χ1) is 14.2. The van der Waals surface area contributed by atoms with Crippen LogP contribution in [0.15, 0.2) is 30.6 Å². The van der Waals surface area contributed by atoms with Gasteiger partial charge >= 0.3 is 6.36 Å². The van der Waals surface area contributed by atoms with E-state index in [1.165, 1.54) is 24.5 Å². The third kappa shape index (κ3) is 4.74. The molecule has 5 nitrogen and oxygen atoms in total. The van der Waals surface area contributed by atoms with Crippen LogP contribution in [0.25, 0.3) is 0 Å². The molecule has 1 saturated heterocycles. The zero-order valence-electron chi connectivity index (χ0n) is 16.9. The summed E-state index contributed by atoms with van der Waals surface area (Å²) in [5.74, 6) is 0.611. The molecule has 0 N–H and O–H groups in total. The summed E-state index contributed by atoms with van der Waals surface area (Å²) in [5.41, 5.74) is 2.09. The van der Waals surface area contributed by atoms with Gasteiger partial charge in [-0.15, -0.1) is 13.2 Å². The second-order valence-electron chi connectivity index (χ2n) is 8.27. The van der Waals surface area contributed by atoms with Gasteiger partial charge in [-0.3, -0.25) is 4.79 Å². The molecule has 0 spiro atoms. The minimum atomic E-state index is -4.71. The van der Waals surface area contributed by atoms with E-state index in [0.717, 1.165) is 30.4 Å². The molecule has 8 heteroatoms. The summed E-state index contributed by atoms with van der Waals surface area (Å²) < 4.78 is 42.0. The van der Waals surface area contributed by atoms with E-state index in [-0.39, 0.29) is 23.7 Å². The summed E-state index contributed by atoms with van der Waals surface area (Å²) in [6, 6.07) is 5.27. The molecule has 1 aromatic heterocycles. The largest absolute Gasteiger partial charge is 0.573 e. The van der Waals surface area contributed by atoms with Gasteiger partial charge in [0.05, 0.1) is 5.56 Å². The molecule has 1 aliphatic carbocycles. The minimum absolute atomic E-state index is 0.0705. The first kappa shape index (κ1) is 20.6. The van der Waals surface area contributed by atoms with Gasteiger partial charge in [0, 0.05) is 30.9 Å². The van der Waals surface area contributed by atoms with Crippen LogP contribution in [0.5, 0.6) is 5.75 Å². The standard InChI is InChI=1S/C22H24F3N3O2/c1-13-7-14(2)28(13)21(29)18-11-26-20(27-12-18)6-3-15-8-17(16-4-5-16)10-19(9-15)30-22(23,24)25/h8-14,16H,3-7H2,1-2H3/t13-,14-/m0/s1. The van der Waals surface area contributed by atoms with Gasteiger partial charge in [0.25, 0.3) is 5.91 Å². The van der Waals surface area contributed by atoms with Crippen LogP contribution in [0, 0.1) is 0 Å². The summed E-state index contributed by atoms with van der Waals surface area (Å²) in [7, 11) is 0.